The van der Waals surface area contributed by atoms with Gasteiger partial charge < -0.3 is 0 Å². The number of benzene rings is 2. The zero-order valence-corrected chi connectivity index (χ0v) is 14.0. The van der Waals surface area contributed by atoms with Crippen LogP contribution in [0.15, 0.2) is 29.8 Å². The van der Waals surface area contributed by atoms with E-state index < -0.39 is 31.7 Å². The normalized spacial score (nSPS) is 11.0. The van der Waals surface area contributed by atoms with Crippen molar-refractivity contribution in [1.29, 1.82) is 10.5 Å². The number of nitro groups is 3. The largest absolute Gasteiger partial charge is 0.284 e. The van der Waals surface area contributed by atoms with Gasteiger partial charge in [0, 0.05) is 34.9 Å². The van der Waals surface area contributed by atoms with E-state index in [1.807, 2.05) is 0 Å². The second-order valence-corrected chi connectivity index (χ2v) is 5.82. The van der Waals surface area contributed by atoms with Gasteiger partial charge in [-0.2, -0.15) is 10.5 Å². The van der Waals surface area contributed by atoms with E-state index in [2.05, 4.69) is 0 Å². The Kier molecular flexibility index (Phi) is 4.06. The van der Waals surface area contributed by atoms with Crippen LogP contribution in [0.5, 0.6) is 0 Å². The van der Waals surface area contributed by atoms with Gasteiger partial charge in [-0.25, -0.2) is 0 Å². The summed E-state index contributed by atoms with van der Waals surface area (Å²) in [6, 6.07) is 7.41. The molecule has 0 radical (unpaired) electrons. The molecule has 0 atom stereocenters. The molecule has 2 aromatic carbocycles. The van der Waals surface area contributed by atoms with Crippen LogP contribution in [0.2, 0.25) is 0 Å². The van der Waals surface area contributed by atoms with Crippen molar-refractivity contribution in [3.63, 3.8) is 0 Å². The molecule has 2 aromatic rings. The van der Waals surface area contributed by atoms with Crippen molar-refractivity contribution in [2.24, 2.45) is 0 Å². The van der Waals surface area contributed by atoms with Gasteiger partial charge in [0.05, 0.1) is 26.4 Å². The van der Waals surface area contributed by atoms with Crippen LogP contribution in [-0.2, 0) is 0 Å². The number of nitriles is 2. The average Bonchev–Trinajstić information content (AvgIpc) is 2.96. The second kappa shape index (κ2) is 6.26. The Morgan fingerprint density at radius 2 is 1.32 bits per heavy atom. The summed E-state index contributed by atoms with van der Waals surface area (Å²) in [6.07, 6.45) is 0. The highest BCUT2D eigenvalue weighted by Crippen LogP contribution is 2.53. The lowest BCUT2D eigenvalue weighted by Gasteiger charge is -2.06. The zero-order chi connectivity index (χ0) is 20.7. The van der Waals surface area contributed by atoms with Gasteiger partial charge in [-0.05, 0) is 18.1 Å². The number of fused-ring (bicyclic) bond motifs is 3. The third-order valence-corrected chi connectivity index (χ3v) is 4.30. The van der Waals surface area contributed by atoms with Crippen LogP contribution in [0.3, 0.4) is 0 Å². The molecular weight excluding hydrogens is 370 g/mol. The Bertz CT molecular complexity index is 1220. The van der Waals surface area contributed by atoms with E-state index in [0.29, 0.717) is 5.56 Å². The third kappa shape index (κ3) is 2.51. The second-order valence-electron chi connectivity index (χ2n) is 5.82. The topological polar surface area (TPSA) is 177 Å². The summed E-state index contributed by atoms with van der Waals surface area (Å²) < 4.78 is 0. The number of rotatable bonds is 3. The highest BCUT2D eigenvalue weighted by molar-refractivity contribution is 6.08. The molecule has 0 aromatic heterocycles. The molecule has 0 spiro atoms. The lowest BCUT2D eigenvalue weighted by Crippen LogP contribution is -1.97. The summed E-state index contributed by atoms with van der Waals surface area (Å²) in [5, 5.41) is 52.6. The van der Waals surface area contributed by atoms with Crippen LogP contribution in [0.25, 0.3) is 16.7 Å². The lowest BCUT2D eigenvalue weighted by atomic mass is 9.97. The SMILES string of the molecule is Cc1cc([N+](=O)[O-])cc2c1-c1c(cc([N+](=O)[O-])cc1[N+](=O)[O-])C2=C(C#N)C#N. The highest BCUT2D eigenvalue weighted by Gasteiger charge is 2.37. The van der Waals surface area contributed by atoms with E-state index in [9.17, 15) is 40.9 Å². The monoisotopic (exact) mass is 377 g/mol. The van der Waals surface area contributed by atoms with Crippen molar-refractivity contribution in [1.82, 2.24) is 0 Å². The number of aryl methyl sites for hydroxylation is 1. The van der Waals surface area contributed by atoms with Gasteiger partial charge in [0.25, 0.3) is 17.1 Å². The summed E-state index contributed by atoms with van der Waals surface area (Å²) in [7, 11) is 0. The van der Waals surface area contributed by atoms with E-state index in [0.717, 1.165) is 18.2 Å². The van der Waals surface area contributed by atoms with Crippen molar-refractivity contribution in [3.05, 3.63) is 76.9 Å². The molecule has 11 heteroatoms. The number of nitro benzene ring substituents is 3. The molecule has 11 nitrogen and oxygen atoms in total. The fraction of sp³-hybridized carbons (Fsp3) is 0.0588. The molecule has 0 aliphatic heterocycles. The maximum Gasteiger partial charge on any atom is 0.284 e. The number of hydrogen-bond donors (Lipinski definition) is 0. The van der Waals surface area contributed by atoms with Gasteiger partial charge in [-0.3, -0.25) is 30.3 Å². The van der Waals surface area contributed by atoms with Crippen LogP contribution >= 0.6 is 0 Å². The molecule has 0 unspecified atom stereocenters. The zero-order valence-electron chi connectivity index (χ0n) is 14.0. The standard InChI is InChI=1S/C17H7N5O6/c1-8-2-10(20(23)24)3-12-15(8)17-13(16(12)9(6-18)7-19)4-11(21(25)26)5-14(17)22(27)28/h2-5H,1H3. The molecule has 136 valence electrons. The lowest BCUT2D eigenvalue weighted by molar-refractivity contribution is -0.393. The number of non-ortho nitro benzene ring substituents is 2. The smallest absolute Gasteiger partial charge is 0.258 e. The first kappa shape index (κ1) is 18.2. The summed E-state index contributed by atoms with van der Waals surface area (Å²) in [5.74, 6) is 0. The average molecular weight is 377 g/mol. The van der Waals surface area contributed by atoms with Gasteiger partial charge >= 0.3 is 0 Å². The summed E-state index contributed by atoms with van der Waals surface area (Å²) >= 11 is 0. The molecule has 3 rings (SSSR count). The van der Waals surface area contributed by atoms with Gasteiger partial charge in [-0.1, -0.05) is 0 Å². The first-order valence-electron chi connectivity index (χ1n) is 7.52. The molecule has 0 saturated heterocycles. The van der Waals surface area contributed by atoms with Gasteiger partial charge in [0.2, 0.25) is 0 Å². The molecule has 0 saturated carbocycles. The maximum atomic E-state index is 11.6. The van der Waals surface area contributed by atoms with Gasteiger partial charge in [-0.15, -0.1) is 0 Å². The third-order valence-electron chi connectivity index (χ3n) is 4.30. The van der Waals surface area contributed by atoms with Crippen LogP contribution in [0.1, 0.15) is 16.7 Å². The Balaban J connectivity index is 2.60. The predicted molar refractivity (Wildman–Crippen MR) is 93.8 cm³/mol. The Morgan fingerprint density at radius 1 is 0.821 bits per heavy atom. The van der Waals surface area contributed by atoms with E-state index >= 15 is 0 Å². The Morgan fingerprint density at radius 3 is 1.79 bits per heavy atom. The van der Waals surface area contributed by atoms with Crippen molar-refractivity contribution in [3.8, 4) is 23.3 Å². The first-order chi connectivity index (χ1) is 13.2. The molecular formula is C17H7N5O6. The van der Waals surface area contributed by atoms with Crippen molar-refractivity contribution >= 4 is 22.6 Å². The van der Waals surface area contributed by atoms with Crippen molar-refractivity contribution < 1.29 is 14.8 Å². The molecule has 0 amide bonds. The molecule has 28 heavy (non-hydrogen) atoms. The molecule has 0 heterocycles. The van der Waals surface area contributed by atoms with E-state index in [4.69, 9.17) is 0 Å². The minimum absolute atomic E-state index is 0.0176. The number of allylic oxidation sites excluding steroid dienone is 1. The highest BCUT2D eigenvalue weighted by atomic mass is 16.6. The molecule has 1 aliphatic rings. The first-order valence-corrected chi connectivity index (χ1v) is 7.52. The quantitative estimate of drug-likeness (QED) is 0.377. The molecule has 0 fully saturated rings. The van der Waals surface area contributed by atoms with E-state index in [1.165, 1.54) is 13.0 Å². The van der Waals surface area contributed by atoms with Crippen LogP contribution in [-0.4, -0.2) is 14.8 Å². The van der Waals surface area contributed by atoms with Crippen LogP contribution in [0.4, 0.5) is 17.1 Å². The predicted octanol–water partition coefficient (Wildman–Crippen LogP) is 3.55. The summed E-state index contributed by atoms with van der Waals surface area (Å²) in [4.78, 5) is 31.7. The summed E-state index contributed by atoms with van der Waals surface area (Å²) in [6.45, 7) is 1.49. The van der Waals surface area contributed by atoms with Crippen molar-refractivity contribution in [2.75, 3.05) is 0 Å². The minimum Gasteiger partial charge on any atom is -0.258 e. The Labute approximate surface area is 155 Å². The van der Waals surface area contributed by atoms with Gasteiger partial charge in [0.15, 0.2) is 0 Å². The van der Waals surface area contributed by atoms with Crippen LogP contribution < -0.4 is 0 Å². The number of nitrogens with zero attached hydrogens (tertiary/aromatic N) is 5. The molecule has 0 bridgehead atoms. The van der Waals surface area contributed by atoms with E-state index in [-0.39, 0.29) is 33.5 Å². The molecule has 0 N–H and O–H groups in total. The van der Waals surface area contributed by atoms with Gasteiger partial charge in [0.1, 0.15) is 17.7 Å². The fourth-order valence-electron chi connectivity index (χ4n) is 3.28. The number of hydrogen-bond acceptors (Lipinski definition) is 8. The van der Waals surface area contributed by atoms with Crippen LogP contribution in [0, 0.1) is 59.9 Å². The van der Waals surface area contributed by atoms with Crippen molar-refractivity contribution in [2.45, 2.75) is 6.92 Å². The minimum atomic E-state index is -0.832. The Hall–Kier alpha value is -4.64. The maximum absolute atomic E-state index is 11.6. The molecule has 1 aliphatic carbocycles. The fourth-order valence-corrected chi connectivity index (χ4v) is 3.28. The summed E-state index contributed by atoms with van der Waals surface area (Å²) in [5.41, 5.74) is -1.58. The van der Waals surface area contributed by atoms with E-state index in [1.54, 1.807) is 12.1 Å².